The molecule has 158 valence electrons. The van der Waals surface area contributed by atoms with Gasteiger partial charge in [0.25, 0.3) is 0 Å². The summed E-state index contributed by atoms with van der Waals surface area (Å²) in [5.74, 6) is 1.60. The molecule has 0 aliphatic heterocycles. The number of aryl methyl sites for hydroxylation is 2. The fraction of sp³-hybridized carbons (Fsp3) is 0.500. The zero-order valence-electron chi connectivity index (χ0n) is 17.0. The molecule has 0 spiro atoms. The first-order chi connectivity index (χ1) is 13.7. The van der Waals surface area contributed by atoms with Gasteiger partial charge in [0.05, 0.1) is 16.6 Å². The monoisotopic (exact) mass is 529 g/mol. The summed E-state index contributed by atoms with van der Waals surface area (Å²) in [6.45, 7) is 7.16. The Bertz CT molecular complexity index is 921. The van der Waals surface area contributed by atoms with Gasteiger partial charge in [-0.1, -0.05) is 6.92 Å². The van der Waals surface area contributed by atoms with Crippen molar-refractivity contribution in [3.8, 4) is 0 Å². The second-order valence-electron chi connectivity index (χ2n) is 6.17. The van der Waals surface area contributed by atoms with Gasteiger partial charge in [-0.15, -0.1) is 35.3 Å². The number of thiazole rings is 1. The maximum Gasteiger partial charge on any atom is 0.191 e. The molecule has 29 heavy (non-hydrogen) atoms. The minimum atomic E-state index is 0. The van der Waals surface area contributed by atoms with Gasteiger partial charge >= 0.3 is 0 Å². The van der Waals surface area contributed by atoms with Crippen molar-refractivity contribution in [3.63, 3.8) is 0 Å². The number of aliphatic imine (C=N–C) groups is 1. The number of hydrogen-bond donors (Lipinski definition) is 3. The zero-order valence-corrected chi connectivity index (χ0v) is 20.1. The smallest absolute Gasteiger partial charge is 0.191 e. The van der Waals surface area contributed by atoms with Gasteiger partial charge in [0.2, 0.25) is 0 Å². The fourth-order valence-corrected chi connectivity index (χ4v) is 3.55. The summed E-state index contributed by atoms with van der Waals surface area (Å²) >= 11 is 1.77. The molecule has 0 fully saturated rings. The maximum absolute atomic E-state index is 4.64. The largest absolute Gasteiger partial charge is 0.368 e. The van der Waals surface area contributed by atoms with Crippen LogP contribution in [0.25, 0.3) is 11.0 Å². The number of hydrogen-bond acceptors (Lipinski definition) is 7. The molecule has 0 atom stereocenters. The molecule has 0 aliphatic carbocycles. The highest BCUT2D eigenvalue weighted by molar-refractivity contribution is 14.0. The van der Waals surface area contributed by atoms with E-state index >= 15 is 0 Å². The molecule has 0 bridgehead atoms. The predicted octanol–water partition coefficient (Wildman–Crippen LogP) is 2.21. The second kappa shape index (κ2) is 11.9. The van der Waals surface area contributed by atoms with Crippen molar-refractivity contribution < 1.29 is 0 Å². The molecule has 0 aliphatic rings. The number of nitrogens with one attached hydrogen (secondary N) is 3. The molecular weight excluding hydrogens is 501 g/mol. The van der Waals surface area contributed by atoms with Crippen molar-refractivity contribution in [2.24, 2.45) is 12.0 Å². The molecule has 9 nitrogen and oxygen atoms in total. The Hall–Kier alpha value is -2.02. The van der Waals surface area contributed by atoms with Crippen molar-refractivity contribution >= 4 is 58.1 Å². The van der Waals surface area contributed by atoms with Gasteiger partial charge in [-0.25, -0.2) is 15.0 Å². The first-order valence-corrected chi connectivity index (χ1v) is 10.3. The Kier molecular flexibility index (Phi) is 9.51. The minimum Gasteiger partial charge on any atom is -0.368 e. The van der Waals surface area contributed by atoms with Crippen LogP contribution < -0.4 is 16.0 Å². The van der Waals surface area contributed by atoms with Gasteiger partial charge < -0.3 is 16.0 Å². The molecule has 11 heteroatoms. The molecule has 0 amide bonds. The summed E-state index contributed by atoms with van der Waals surface area (Å²) in [6, 6.07) is 0. The van der Waals surface area contributed by atoms with E-state index in [0.717, 1.165) is 53.7 Å². The van der Waals surface area contributed by atoms with Crippen LogP contribution in [-0.2, 0) is 19.9 Å². The first kappa shape index (κ1) is 23.3. The highest BCUT2D eigenvalue weighted by Crippen LogP contribution is 2.17. The number of halogens is 1. The summed E-state index contributed by atoms with van der Waals surface area (Å²) in [6.07, 6.45) is 7.19. The van der Waals surface area contributed by atoms with Crippen molar-refractivity contribution in [1.29, 1.82) is 0 Å². The van der Waals surface area contributed by atoms with E-state index in [4.69, 9.17) is 0 Å². The van der Waals surface area contributed by atoms with E-state index in [1.165, 1.54) is 4.88 Å². The lowest BCUT2D eigenvalue weighted by atomic mass is 10.4. The van der Waals surface area contributed by atoms with Crippen LogP contribution in [0.1, 0.15) is 23.7 Å². The summed E-state index contributed by atoms with van der Waals surface area (Å²) < 4.78 is 1.74. The van der Waals surface area contributed by atoms with Crippen LogP contribution in [-0.4, -0.2) is 56.9 Å². The minimum absolute atomic E-state index is 0. The highest BCUT2D eigenvalue weighted by atomic mass is 127. The molecule has 0 saturated carbocycles. The Morgan fingerprint density at radius 3 is 2.76 bits per heavy atom. The SMILES string of the molecule is CCNC(=NCCc1ncc(CC)s1)NCCNc1ncnc2c1cnn2C.I. The van der Waals surface area contributed by atoms with Crippen LogP contribution in [0.2, 0.25) is 0 Å². The van der Waals surface area contributed by atoms with Crippen molar-refractivity contribution in [1.82, 2.24) is 35.4 Å². The third kappa shape index (κ3) is 6.49. The topological polar surface area (TPSA) is 105 Å². The van der Waals surface area contributed by atoms with Gasteiger partial charge in [-0.05, 0) is 13.3 Å². The lowest BCUT2D eigenvalue weighted by Gasteiger charge is -2.12. The van der Waals surface area contributed by atoms with Gasteiger partial charge in [0.15, 0.2) is 11.6 Å². The quantitative estimate of drug-likeness (QED) is 0.169. The van der Waals surface area contributed by atoms with Crippen molar-refractivity contribution in [3.05, 3.63) is 28.6 Å². The van der Waals surface area contributed by atoms with E-state index in [-0.39, 0.29) is 24.0 Å². The molecule has 0 unspecified atom stereocenters. The zero-order chi connectivity index (χ0) is 19.8. The Balaban J connectivity index is 0.00000300. The van der Waals surface area contributed by atoms with E-state index in [2.05, 4.69) is 54.8 Å². The summed E-state index contributed by atoms with van der Waals surface area (Å²) in [4.78, 5) is 19.0. The van der Waals surface area contributed by atoms with E-state index < -0.39 is 0 Å². The van der Waals surface area contributed by atoms with Gasteiger partial charge in [0.1, 0.15) is 12.1 Å². The van der Waals surface area contributed by atoms with Crippen LogP contribution in [0.15, 0.2) is 23.7 Å². The number of guanidine groups is 1. The second-order valence-corrected chi connectivity index (χ2v) is 7.37. The standard InChI is InChI=1S/C18H27N9S.HI/c1-4-13-10-23-15(28-13)6-7-21-18(19-5-2)22-9-8-20-16-14-11-26-27(3)17(14)25-12-24-16;/h10-12H,4-9H2,1-3H3,(H2,19,21,22)(H,20,24,25);1H. The number of fused-ring (bicyclic) bond motifs is 1. The van der Waals surface area contributed by atoms with Crippen molar-refractivity contribution in [2.45, 2.75) is 26.7 Å². The van der Waals surface area contributed by atoms with E-state index in [9.17, 15) is 0 Å². The highest BCUT2D eigenvalue weighted by Gasteiger charge is 2.07. The maximum atomic E-state index is 4.64. The van der Waals surface area contributed by atoms with Crippen LogP contribution in [0.4, 0.5) is 5.82 Å². The van der Waals surface area contributed by atoms with Crippen LogP contribution in [0.3, 0.4) is 0 Å². The molecule has 3 N–H and O–H groups in total. The average molecular weight is 529 g/mol. The number of anilines is 1. The third-order valence-corrected chi connectivity index (χ3v) is 5.33. The van der Waals surface area contributed by atoms with Crippen LogP contribution >= 0.6 is 35.3 Å². The molecule has 0 aromatic carbocycles. The lowest BCUT2D eigenvalue weighted by Crippen LogP contribution is -2.39. The Morgan fingerprint density at radius 1 is 1.14 bits per heavy atom. The fourth-order valence-electron chi connectivity index (χ4n) is 2.70. The predicted molar refractivity (Wildman–Crippen MR) is 129 cm³/mol. The number of aromatic nitrogens is 5. The molecule has 3 aromatic rings. The Labute approximate surface area is 191 Å². The molecule has 3 heterocycles. The van der Waals surface area contributed by atoms with Crippen molar-refractivity contribution in [2.75, 3.05) is 31.5 Å². The molecule has 3 rings (SSSR count). The number of nitrogens with zero attached hydrogens (tertiary/aromatic N) is 6. The summed E-state index contributed by atoms with van der Waals surface area (Å²) in [7, 11) is 1.87. The summed E-state index contributed by atoms with van der Waals surface area (Å²) in [5.41, 5.74) is 0.814. The van der Waals surface area contributed by atoms with E-state index in [0.29, 0.717) is 13.1 Å². The van der Waals surface area contributed by atoms with Gasteiger partial charge in [-0.3, -0.25) is 9.67 Å². The number of rotatable bonds is 9. The average Bonchev–Trinajstić information content (AvgIpc) is 3.32. The first-order valence-electron chi connectivity index (χ1n) is 9.53. The van der Waals surface area contributed by atoms with E-state index in [1.54, 1.807) is 28.5 Å². The third-order valence-electron chi connectivity index (χ3n) is 4.13. The summed E-state index contributed by atoms with van der Waals surface area (Å²) in [5, 5.41) is 16.2. The van der Waals surface area contributed by atoms with E-state index in [1.807, 2.05) is 13.2 Å². The molecule has 0 saturated heterocycles. The normalized spacial score (nSPS) is 11.3. The Morgan fingerprint density at radius 2 is 2.00 bits per heavy atom. The lowest BCUT2D eigenvalue weighted by molar-refractivity contribution is 0.785. The van der Waals surface area contributed by atoms with Gasteiger partial charge in [0, 0.05) is 50.7 Å². The molecule has 0 radical (unpaired) electrons. The molecule has 3 aromatic heterocycles. The van der Waals surface area contributed by atoms with Crippen LogP contribution in [0.5, 0.6) is 0 Å². The van der Waals surface area contributed by atoms with Gasteiger partial charge in [-0.2, -0.15) is 5.10 Å². The van der Waals surface area contributed by atoms with Crippen LogP contribution in [0, 0.1) is 0 Å². The molecular formula is C18H28IN9S.